The summed E-state index contributed by atoms with van der Waals surface area (Å²) in [4.78, 5) is 0. The largest absolute Gasteiger partial charge is 0.475 e. The lowest BCUT2D eigenvalue weighted by Gasteiger charge is -2.29. The Morgan fingerprint density at radius 2 is 1.10 bits per heavy atom. The molecule has 0 aliphatic heterocycles. The second-order valence-electron chi connectivity index (χ2n) is 6.42. The van der Waals surface area contributed by atoms with Crippen LogP contribution in [0.15, 0.2) is 0 Å². The average molecular weight is 470 g/mol. The highest BCUT2D eigenvalue weighted by Crippen LogP contribution is 2.53. The average Bonchev–Trinajstić information content (AvgIpc) is 2.57. The van der Waals surface area contributed by atoms with Gasteiger partial charge < -0.3 is 0 Å². The van der Waals surface area contributed by atoms with Gasteiger partial charge in [0.15, 0.2) is 6.17 Å². The van der Waals surface area contributed by atoms with Crippen LogP contribution in [0.5, 0.6) is 0 Å². The van der Waals surface area contributed by atoms with Crippen LogP contribution in [0.1, 0.15) is 46.5 Å². The quantitative estimate of drug-likeness (QED) is 0.199. The smallest absolute Gasteiger partial charge is 0.281 e. The van der Waals surface area contributed by atoms with E-state index in [1.165, 1.54) is 13.8 Å². The van der Waals surface area contributed by atoms with E-state index >= 15 is 0 Å². The fraction of sp³-hybridized carbons (Fsp3) is 1.00. The van der Waals surface area contributed by atoms with Crippen LogP contribution in [0.2, 0.25) is 0 Å². The summed E-state index contributed by atoms with van der Waals surface area (Å²) >= 11 is 0. The molecular formula is C15H24F9O4P. The van der Waals surface area contributed by atoms with E-state index in [2.05, 4.69) is 13.6 Å². The van der Waals surface area contributed by atoms with Gasteiger partial charge in [0.2, 0.25) is 0 Å². The van der Waals surface area contributed by atoms with Gasteiger partial charge in [0.05, 0.1) is 0 Å². The molecule has 176 valence electrons. The van der Waals surface area contributed by atoms with E-state index in [4.69, 9.17) is 0 Å². The maximum Gasteiger partial charge on any atom is 0.475 e. The lowest BCUT2D eigenvalue weighted by molar-refractivity contribution is -0.247. The normalized spacial score (nSPS) is 15.6. The minimum Gasteiger partial charge on any atom is -0.281 e. The van der Waals surface area contributed by atoms with E-state index in [1.54, 1.807) is 0 Å². The maximum absolute atomic E-state index is 13.5. The molecule has 4 nitrogen and oxygen atoms in total. The van der Waals surface area contributed by atoms with Gasteiger partial charge in [-0.3, -0.25) is 13.6 Å². The van der Waals surface area contributed by atoms with E-state index in [0.717, 1.165) is 0 Å². The number of hydrogen-bond donors (Lipinski definition) is 0. The molecule has 0 rings (SSSR count). The molecule has 0 N–H and O–H groups in total. The molecule has 1 unspecified atom stereocenters. The molecule has 0 heterocycles. The molecule has 0 spiro atoms. The molecule has 0 amide bonds. The summed E-state index contributed by atoms with van der Waals surface area (Å²) in [6.07, 6.45) is -5.10. The molecule has 0 aromatic rings. The van der Waals surface area contributed by atoms with Gasteiger partial charge in [0.1, 0.15) is 19.8 Å². The molecule has 0 radical (unpaired) electrons. The van der Waals surface area contributed by atoms with Gasteiger partial charge in [0, 0.05) is 12.8 Å². The molecule has 0 saturated heterocycles. The first-order valence-electron chi connectivity index (χ1n) is 8.62. The summed E-state index contributed by atoms with van der Waals surface area (Å²) in [5.74, 6) is -17.8. The molecule has 0 aliphatic rings. The standard InChI is InChI=1S/C15H24F9O4P/c1-4-6-12(17,18)8-26-29(25,27-9-13(19,20)7-5-2)28-10-14(21,22)15(23,24)11(3)16/h11H,4-10H2,1-3H3. The van der Waals surface area contributed by atoms with Gasteiger partial charge in [-0.05, 0) is 6.92 Å². The second-order valence-corrected chi connectivity index (χ2v) is 8.09. The summed E-state index contributed by atoms with van der Waals surface area (Å²) in [6, 6.07) is 0. The minimum atomic E-state index is -5.55. The number of phosphoric acid groups is 1. The third kappa shape index (κ3) is 9.44. The van der Waals surface area contributed by atoms with E-state index in [-0.39, 0.29) is 19.8 Å². The van der Waals surface area contributed by atoms with Crippen LogP contribution < -0.4 is 0 Å². The zero-order chi connectivity index (χ0) is 23.1. The lowest BCUT2D eigenvalue weighted by atomic mass is 10.1. The third-order valence-corrected chi connectivity index (χ3v) is 4.83. The molecule has 0 aromatic carbocycles. The van der Waals surface area contributed by atoms with E-state index < -0.39 is 70.3 Å². The maximum atomic E-state index is 13.5. The zero-order valence-corrected chi connectivity index (χ0v) is 16.9. The molecule has 0 aliphatic carbocycles. The Hall–Kier alpha value is -0.520. The minimum absolute atomic E-state index is 0.0738. The number of alkyl halides is 9. The third-order valence-electron chi connectivity index (χ3n) is 3.49. The Labute approximate surface area is 162 Å². The van der Waals surface area contributed by atoms with Crippen LogP contribution in [0.4, 0.5) is 39.5 Å². The fourth-order valence-electron chi connectivity index (χ4n) is 1.88. The first kappa shape index (κ1) is 28.5. The van der Waals surface area contributed by atoms with Crippen molar-refractivity contribution in [2.75, 3.05) is 19.8 Å². The Balaban J connectivity index is 5.39. The van der Waals surface area contributed by atoms with Crippen molar-refractivity contribution in [3.8, 4) is 0 Å². The molecule has 0 bridgehead atoms. The number of rotatable bonds is 15. The summed E-state index contributed by atoms with van der Waals surface area (Å²) < 4.78 is 145. The summed E-state index contributed by atoms with van der Waals surface area (Å²) in [6.45, 7) is -3.10. The molecule has 0 fully saturated rings. The monoisotopic (exact) mass is 470 g/mol. The van der Waals surface area contributed by atoms with Gasteiger partial charge in [-0.15, -0.1) is 0 Å². The van der Waals surface area contributed by atoms with Crippen LogP contribution in [0.25, 0.3) is 0 Å². The highest BCUT2D eigenvalue weighted by molar-refractivity contribution is 7.48. The van der Waals surface area contributed by atoms with E-state index in [1.807, 2.05) is 0 Å². The predicted molar refractivity (Wildman–Crippen MR) is 85.6 cm³/mol. The highest BCUT2D eigenvalue weighted by atomic mass is 31.2. The van der Waals surface area contributed by atoms with Crippen molar-refractivity contribution in [2.24, 2.45) is 0 Å². The van der Waals surface area contributed by atoms with Gasteiger partial charge in [0.25, 0.3) is 11.8 Å². The molecule has 29 heavy (non-hydrogen) atoms. The van der Waals surface area contributed by atoms with Gasteiger partial charge in [-0.1, -0.05) is 26.7 Å². The molecule has 14 heteroatoms. The van der Waals surface area contributed by atoms with Crippen molar-refractivity contribution in [2.45, 2.75) is 76.3 Å². The Bertz CT molecular complexity index is 518. The van der Waals surface area contributed by atoms with Crippen LogP contribution >= 0.6 is 7.82 Å². The zero-order valence-electron chi connectivity index (χ0n) is 16.0. The summed E-state index contributed by atoms with van der Waals surface area (Å²) in [7, 11) is -5.55. The van der Waals surface area contributed by atoms with Crippen molar-refractivity contribution < 1.29 is 57.7 Å². The van der Waals surface area contributed by atoms with E-state index in [0.29, 0.717) is 0 Å². The number of phosphoric ester groups is 1. The first-order valence-corrected chi connectivity index (χ1v) is 10.1. The van der Waals surface area contributed by atoms with Crippen molar-refractivity contribution in [1.29, 1.82) is 0 Å². The van der Waals surface area contributed by atoms with Crippen molar-refractivity contribution >= 4 is 7.82 Å². The van der Waals surface area contributed by atoms with Crippen molar-refractivity contribution in [3.63, 3.8) is 0 Å². The summed E-state index contributed by atoms with van der Waals surface area (Å²) in [5, 5.41) is 0. The van der Waals surface area contributed by atoms with Crippen LogP contribution in [-0.4, -0.2) is 49.7 Å². The Morgan fingerprint density at radius 1 is 0.759 bits per heavy atom. The predicted octanol–water partition coefficient (Wildman–Crippen LogP) is 6.64. The van der Waals surface area contributed by atoms with Crippen molar-refractivity contribution in [1.82, 2.24) is 0 Å². The molecule has 1 atom stereocenters. The van der Waals surface area contributed by atoms with Gasteiger partial charge in [-0.25, -0.2) is 26.5 Å². The van der Waals surface area contributed by atoms with Crippen LogP contribution in [0, 0.1) is 0 Å². The SMILES string of the molecule is CCCC(F)(F)COP(=O)(OCC(F)(F)CCC)OCC(F)(F)C(F)(F)C(C)F. The molecule has 0 saturated carbocycles. The van der Waals surface area contributed by atoms with Crippen molar-refractivity contribution in [3.05, 3.63) is 0 Å². The van der Waals surface area contributed by atoms with E-state index in [9.17, 15) is 44.1 Å². The summed E-state index contributed by atoms with van der Waals surface area (Å²) in [5.41, 5.74) is 0. The van der Waals surface area contributed by atoms with Gasteiger partial charge in [-0.2, -0.15) is 17.6 Å². The number of hydrogen-bond acceptors (Lipinski definition) is 4. The first-order chi connectivity index (χ1) is 12.9. The Morgan fingerprint density at radius 3 is 1.41 bits per heavy atom. The highest BCUT2D eigenvalue weighted by Gasteiger charge is 2.61. The Kier molecular flexibility index (Phi) is 10.5. The molecule has 0 aromatic heterocycles. The fourth-order valence-corrected chi connectivity index (χ4v) is 3.12. The lowest BCUT2D eigenvalue weighted by Crippen LogP contribution is -2.49. The topological polar surface area (TPSA) is 44.8 Å². The molecular weight excluding hydrogens is 446 g/mol. The number of halogens is 9. The second kappa shape index (κ2) is 10.7. The van der Waals surface area contributed by atoms with Crippen LogP contribution in [-0.2, 0) is 18.1 Å². The van der Waals surface area contributed by atoms with Gasteiger partial charge >= 0.3 is 19.7 Å². The van der Waals surface area contributed by atoms with Crippen LogP contribution in [0.3, 0.4) is 0 Å².